The molecule has 0 spiro atoms. The van der Waals surface area contributed by atoms with Gasteiger partial charge in [-0.3, -0.25) is 4.79 Å². The van der Waals surface area contributed by atoms with Gasteiger partial charge in [-0.05, 0) is 56.4 Å². The maximum absolute atomic E-state index is 12.8. The van der Waals surface area contributed by atoms with E-state index in [1.54, 1.807) is 27.7 Å². The quantitative estimate of drug-likeness (QED) is 0.587. The predicted octanol–water partition coefficient (Wildman–Crippen LogP) is 4.76. The summed E-state index contributed by atoms with van der Waals surface area (Å²) in [6.07, 6.45) is -0.683. The van der Waals surface area contributed by atoms with E-state index in [1.807, 2.05) is 24.3 Å². The summed E-state index contributed by atoms with van der Waals surface area (Å²) in [5, 5.41) is 0. The zero-order chi connectivity index (χ0) is 20.4. The fourth-order valence-electron chi connectivity index (χ4n) is 3.00. The minimum atomic E-state index is -0.683. The number of ether oxygens (including phenoxy) is 2. The first-order valence-corrected chi connectivity index (χ1v) is 9.24. The number of aromatic amines is 1. The van der Waals surface area contributed by atoms with E-state index in [1.165, 1.54) is 5.56 Å². The van der Waals surface area contributed by atoms with Gasteiger partial charge in [0.15, 0.2) is 6.10 Å². The fraction of sp³-hybridized carbons (Fsp3) is 0.455. The first kappa shape index (κ1) is 20.7. The Hall–Kier alpha value is -2.56. The van der Waals surface area contributed by atoms with Crippen molar-refractivity contribution in [3.63, 3.8) is 0 Å². The molecule has 146 valence electrons. The van der Waals surface area contributed by atoms with E-state index in [0.717, 1.165) is 0 Å². The largest absolute Gasteiger partial charge is 0.483 e. The van der Waals surface area contributed by atoms with Gasteiger partial charge in [0, 0.05) is 5.69 Å². The minimum absolute atomic E-state index is 0.0579. The second-order valence-corrected chi connectivity index (χ2v) is 7.74. The highest BCUT2D eigenvalue weighted by molar-refractivity contribution is 6.03. The van der Waals surface area contributed by atoms with Gasteiger partial charge in [-0.1, -0.05) is 32.9 Å². The van der Waals surface area contributed by atoms with Crippen molar-refractivity contribution in [2.75, 3.05) is 6.61 Å². The zero-order valence-corrected chi connectivity index (χ0v) is 17.2. The molecule has 0 amide bonds. The van der Waals surface area contributed by atoms with Crippen LogP contribution in [0.15, 0.2) is 24.3 Å². The van der Waals surface area contributed by atoms with E-state index in [9.17, 15) is 9.59 Å². The van der Waals surface area contributed by atoms with Gasteiger partial charge in [0.1, 0.15) is 5.75 Å². The van der Waals surface area contributed by atoms with E-state index in [2.05, 4.69) is 25.8 Å². The molecule has 5 heteroatoms. The number of Topliss-reactive ketones (excluding diaryl/α,β-unsaturated/α-hetero) is 1. The lowest BCUT2D eigenvalue weighted by molar-refractivity contribution is 0.0525. The number of H-pyrrole nitrogens is 1. The molecule has 2 rings (SSSR count). The van der Waals surface area contributed by atoms with Crippen LogP contribution in [0.5, 0.6) is 5.75 Å². The van der Waals surface area contributed by atoms with Gasteiger partial charge in [-0.15, -0.1) is 0 Å². The van der Waals surface area contributed by atoms with E-state index in [0.29, 0.717) is 28.3 Å². The topological polar surface area (TPSA) is 68.4 Å². The SMILES string of the molecule is CCOC(=O)c1c(C)[nH]c(C(=O)[C@@H](C)Oc2ccc(C(C)(C)C)cc2)c1C. The molecule has 0 saturated carbocycles. The lowest BCUT2D eigenvalue weighted by Crippen LogP contribution is -2.25. The molecule has 0 saturated heterocycles. The monoisotopic (exact) mass is 371 g/mol. The first-order chi connectivity index (χ1) is 12.6. The molecule has 0 unspecified atom stereocenters. The Labute approximate surface area is 161 Å². The van der Waals surface area contributed by atoms with Crippen LogP contribution in [0.2, 0.25) is 0 Å². The summed E-state index contributed by atoms with van der Waals surface area (Å²) in [4.78, 5) is 28.0. The van der Waals surface area contributed by atoms with Gasteiger partial charge >= 0.3 is 5.97 Å². The van der Waals surface area contributed by atoms with Crippen LogP contribution in [0.25, 0.3) is 0 Å². The number of hydrogen-bond donors (Lipinski definition) is 1. The molecule has 2 aromatic rings. The van der Waals surface area contributed by atoms with Gasteiger partial charge in [0.2, 0.25) is 5.78 Å². The Morgan fingerprint density at radius 2 is 1.70 bits per heavy atom. The molecule has 27 heavy (non-hydrogen) atoms. The van der Waals surface area contributed by atoms with Crippen LogP contribution in [-0.2, 0) is 10.2 Å². The Morgan fingerprint density at radius 1 is 1.11 bits per heavy atom. The van der Waals surface area contributed by atoms with Gasteiger partial charge < -0.3 is 14.5 Å². The van der Waals surface area contributed by atoms with Crippen molar-refractivity contribution in [2.45, 2.75) is 60.0 Å². The van der Waals surface area contributed by atoms with Crippen LogP contribution in [-0.4, -0.2) is 29.4 Å². The van der Waals surface area contributed by atoms with Gasteiger partial charge in [-0.25, -0.2) is 4.79 Å². The standard InChI is InChI=1S/C22H29NO4/c1-8-26-21(25)18-13(2)19(23-14(18)3)20(24)15(4)27-17-11-9-16(10-12-17)22(5,6)7/h9-12,15,23H,8H2,1-7H3/t15-/m1/s1. The highest BCUT2D eigenvalue weighted by Gasteiger charge is 2.26. The zero-order valence-electron chi connectivity index (χ0n) is 17.2. The third-order valence-electron chi connectivity index (χ3n) is 4.57. The summed E-state index contributed by atoms with van der Waals surface area (Å²) in [6, 6.07) is 7.77. The van der Waals surface area contributed by atoms with Crippen LogP contribution in [0, 0.1) is 13.8 Å². The number of ketones is 1. The molecule has 1 heterocycles. The van der Waals surface area contributed by atoms with Gasteiger partial charge in [0.25, 0.3) is 0 Å². The summed E-state index contributed by atoms with van der Waals surface area (Å²) in [6.45, 7) is 13.7. The number of benzene rings is 1. The lowest BCUT2D eigenvalue weighted by atomic mass is 9.87. The van der Waals surface area contributed by atoms with Crippen molar-refractivity contribution < 1.29 is 19.1 Å². The van der Waals surface area contributed by atoms with Crippen molar-refractivity contribution in [1.82, 2.24) is 4.98 Å². The molecular weight excluding hydrogens is 342 g/mol. The number of carbonyl (C=O) groups excluding carboxylic acids is 2. The fourth-order valence-corrected chi connectivity index (χ4v) is 3.00. The van der Waals surface area contributed by atoms with Crippen molar-refractivity contribution >= 4 is 11.8 Å². The average molecular weight is 371 g/mol. The summed E-state index contributed by atoms with van der Waals surface area (Å²) in [5.41, 5.74) is 3.27. The summed E-state index contributed by atoms with van der Waals surface area (Å²) < 4.78 is 10.9. The Kier molecular flexibility index (Phi) is 6.14. The number of hydrogen-bond acceptors (Lipinski definition) is 4. The van der Waals surface area contributed by atoms with E-state index in [4.69, 9.17) is 9.47 Å². The summed E-state index contributed by atoms with van der Waals surface area (Å²) >= 11 is 0. The number of aromatic nitrogens is 1. The van der Waals surface area contributed by atoms with Crippen LogP contribution in [0.4, 0.5) is 0 Å². The number of esters is 1. The Bertz CT molecular complexity index is 825. The molecule has 1 N–H and O–H groups in total. The maximum atomic E-state index is 12.8. The number of carbonyl (C=O) groups is 2. The van der Waals surface area contributed by atoms with Crippen molar-refractivity contribution in [3.05, 3.63) is 52.3 Å². The van der Waals surface area contributed by atoms with Crippen LogP contribution in [0.3, 0.4) is 0 Å². The molecule has 0 aliphatic heterocycles. The maximum Gasteiger partial charge on any atom is 0.340 e. The molecule has 1 atom stereocenters. The Balaban J connectivity index is 2.18. The van der Waals surface area contributed by atoms with E-state index >= 15 is 0 Å². The van der Waals surface area contributed by atoms with Crippen molar-refractivity contribution in [2.24, 2.45) is 0 Å². The highest BCUT2D eigenvalue weighted by atomic mass is 16.5. The van der Waals surface area contributed by atoms with Crippen LogP contribution < -0.4 is 4.74 Å². The molecule has 1 aromatic carbocycles. The third kappa shape index (κ3) is 4.59. The van der Waals surface area contributed by atoms with Crippen molar-refractivity contribution in [1.29, 1.82) is 0 Å². The van der Waals surface area contributed by atoms with Crippen molar-refractivity contribution in [3.8, 4) is 5.75 Å². The molecule has 0 bridgehead atoms. The third-order valence-corrected chi connectivity index (χ3v) is 4.57. The predicted molar refractivity (Wildman–Crippen MR) is 106 cm³/mol. The smallest absolute Gasteiger partial charge is 0.340 e. The molecule has 0 aliphatic rings. The number of rotatable bonds is 6. The van der Waals surface area contributed by atoms with Gasteiger partial charge in [0.05, 0.1) is 17.9 Å². The molecule has 1 aromatic heterocycles. The lowest BCUT2D eigenvalue weighted by Gasteiger charge is -2.20. The summed E-state index contributed by atoms with van der Waals surface area (Å²) in [5.74, 6) is 0.00980. The van der Waals surface area contributed by atoms with E-state index in [-0.39, 0.29) is 17.8 Å². The normalized spacial score (nSPS) is 12.6. The molecule has 0 aliphatic carbocycles. The summed E-state index contributed by atoms with van der Waals surface area (Å²) in [7, 11) is 0. The second kappa shape index (κ2) is 7.99. The molecule has 0 radical (unpaired) electrons. The molecule has 0 fully saturated rings. The Morgan fingerprint density at radius 3 is 2.22 bits per heavy atom. The van der Waals surface area contributed by atoms with Crippen LogP contribution >= 0.6 is 0 Å². The molecular formula is C22H29NO4. The molecule has 5 nitrogen and oxygen atoms in total. The second-order valence-electron chi connectivity index (χ2n) is 7.74. The number of nitrogens with one attached hydrogen (secondary N) is 1. The minimum Gasteiger partial charge on any atom is -0.483 e. The number of aryl methyl sites for hydroxylation is 1. The van der Waals surface area contributed by atoms with Crippen LogP contribution in [0.1, 0.15) is 72.3 Å². The average Bonchev–Trinajstić information content (AvgIpc) is 2.88. The van der Waals surface area contributed by atoms with Gasteiger partial charge in [-0.2, -0.15) is 0 Å². The first-order valence-electron chi connectivity index (χ1n) is 9.24. The van der Waals surface area contributed by atoms with E-state index < -0.39 is 12.1 Å². The highest BCUT2D eigenvalue weighted by Crippen LogP contribution is 2.26.